The van der Waals surface area contributed by atoms with Gasteiger partial charge in [-0.25, -0.2) is 4.79 Å². The molecule has 27 heavy (non-hydrogen) atoms. The minimum Gasteiger partial charge on any atom is -0.492 e. The van der Waals surface area contributed by atoms with E-state index in [0.29, 0.717) is 17.7 Å². The molecule has 7 nitrogen and oxygen atoms in total. The number of carbonyl (C=O) groups excluding carboxylic acids is 2. The molecule has 2 atom stereocenters. The van der Waals surface area contributed by atoms with Crippen molar-refractivity contribution in [3.8, 4) is 11.8 Å². The minimum absolute atomic E-state index is 0.0282. The van der Waals surface area contributed by atoms with Crippen LogP contribution in [0.4, 0.5) is 0 Å². The van der Waals surface area contributed by atoms with Crippen LogP contribution in [0.5, 0.6) is 11.8 Å². The number of halogens is 2. The van der Waals surface area contributed by atoms with E-state index in [-0.39, 0.29) is 41.3 Å². The summed E-state index contributed by atoms with van der Waals surface area (Å²) in [7, 11) is 0. The lowest BCUT2D eigenvalue weighted by atomic mass is 10.1. The molecule has 0 radical (unpaired) electrons. The van der Waals surface area contributed by atoms with Crippen LogP contribution in [-0.4, -0.2) is 33.4 Å². The average molecular weight is 508 g/mol. The third kappa shape index (κ3) is 5.75. The van der Waals surface area contributed by atoms with Gasteiger partial charge in [0.05, 0.1) is 9.31 Å². The molecule has 1 aromatic heterocycles. The molecule has 0 aliphatic heterocycles. The summed E-state index contributed by atoms with van der Waals surface area (Å²) in [6.45, 7) is 4.71. The molecule has 0 bridgehead atoms. The van der Waals surface area contributed by atoms with Crippen LogP contribution >= 0.6 is 31.9 Å². The molecule has 1 aliphatic rings. The van der Waals surface area contributed by atoms with Gasteiger partial charge in [-0.1, -0.05) is 26.3 Å². The van der Waals surface area contributed by atoms with Crippen LogP contribution in [0.15, 0.2) is 21.6 Å². The second-order valence-corrected chi connectivity index (χ2v) is 9.96. The van der Waals surface area contributed by atoms with Crippen LogP contribution in [0.3, 0.4) is 0 Å². The first-order chi connectivity index (χ1) is 12.6. The maximum Gasteiger partial charge on any atom is 0.333 e. The second-order valence-electron chi connectivity index (χ2n) is 7.19. The number of aromatic nitrogens is 1. The van der Waals surface area contributed by atoms with Crippen LogP contribution in [-0.2, 0) is 9.59 Å². The minimum atomic E-state index is -0.546. The van der Waals surface area contributed by atoms with Crippen LogP contribution < -0.4 is 10.2 Å². The molecule has 2 unspecified atom stereocenters. The lowest BCUT2D eigenvalue weighted by Gasteiger charge is -2.07. The van der Waals surface area contributed by atoms with Crippen LogP contribution in [0.2, 0.25) is 0 Å². The van der Waals surface area contributed by atoms with Gasteiger partial charge in [-0.05, 0) is 56.0 Å². The van der Waals surface area contributed by atoms with Gasteiger partial charge in [-0.15, -0.1) is 4.73 Å². The zero-order chi connectivity index (χ0) is 20.2. The number of nitrogens with one attached hydrogen (secondary N) is 1. The fraction of sp³-hybridized carbons (Fsp3) is 0.556. The maximum atomic E-state index is 12.3. The summed E-state index contributed by atoms with van der Waals surface area (Å²) >= 11 is 6.68. The average Bonchev–Trinajstić information content (AvgIpc) is 2.96. The van der Waals surface area contributed by atoms with Crippen molar-refractivity contribution in [2.75, 3.05) is 6.54 Å². The van der Waals surface area contributed by atoms with Crippen LogP contribution in [0.1, 0.15) is 39.5 Å². The molecule has 1 aliphatic carbocycles. The summed E-state index contributed by atoms with van der Waals surface area (Å²) in [5.74, 6) is -0.989. The summed E-state index contributed by atoms with van der Waals surface area (Å²) in [6, 6.07) is 2.45. The molecule has 0 saturated heterocycles. The van der Waals surface area contributed by atoms with Gasteiger partial charge in [0.25, 0.3) is 0 Å². The van der Waals surface area contributed by atoms with Crippen LogP contribution in [0.25, 0.3) is 0 Å². The molecule has 1 heterocycles. The van der Waals surface area contributed by atoms with Gasteiger partial charge in [0.2, 0.25) is 17.7 Å². The summed E-state index contributed by atoms with van der Waals surface area (Å²) in [5, 5.41) is 21.8. The summed E-state index contributed by atoms with van der Waals surface area (Å²) in [5.41, 5.74) is -0.0454. The largest absolute Gasteiger partial charge is 0.492 e. The normalized spacial score (nSPS) is 20.0. The van der Waals surface area contributed by atoms with Gasteiger partial charge in [0.1, 0.15) is 0 Å². The zero-order valence-corrected chi connectivity index (χ0v) is 18.4. The Morgan fingerprint density at radius 2 is 1.85 bits per heavy atom. The number of hydrogen-bond acceptors (Lipinski definition) is 5. The summed E-state index contributed by atoms with van der Waals surface area (Å²) < 4.78 is 1.53. The molecule has 9 heteroatoms. The van der Waals surface area contributed by atoms with Crippen molar-refractivity contribution < 1.29 is 24.6 Å². The van der Waals surface area contributed by atoms with Gasteiger partial charge < -0.3 is 20.4 Å². The molecular weight excluding hydrogens is 484 g/mol. The van der Waals surface area contributed by atoms with Gasteiger partial charge in [0, 0.05) is 25.1 Å². The smallest absolute Gasteiger partial charge is 0.333 e. The highest BCUT2D eigenvalue weighted by Gasteiger charge is 2.60. The van der Waals surface area contributed by atoms with Gasteiger partial charge in [0.15, 0.2) is 0 Å². The third-order valence-corrected chi connectivity index (χ3v) is 5.38. The molecule has 1 fully saturated rings. The Labute approximate surface area is 175 Å². The number of carbonyl (C=O) groups is 2. The van der Waals surface area contributed by atoms with Crippen molar-refractivity contribution in [2.24, 2.45) is 17.3 Å². The highest BCUT2D eigenvalue weighted by Crippen LogP contribution is 2.59. The number of amides is 1. The Morgan fingerprint density at radius 1 is 1.22 bits per heavy atom. The summed E-state index contributed by atoms with van der Waals surface area (Å²) in [6.07, 6.45) is 4.27. The van der Waals surface area contributed by atoms with Crippen molar-refractivity contribution in [3.05, 3.63) is 21.6 Å². The van der Waals surface area contributed by atoms with Crippen molar-refractivity contribution >= 4 is 43.7 Å². The Hall–Kier alpha value is -1.48. The van der Waals surface area contributed by atoms with Gasteiger partial charge >= 0.3 is 5.97 Å². The Morgan fingerprint density at radius 3 is 2.44 bits per heavy atom. The van der Waals surface area contributed by atoms with E-state index in [2.05, 4.69) is 51.0 Å². The zero-order valence-electron chi connectivity index (χ0n) is 15.2. The quantitative estimate of drug-likeness (QED) is 0.444. The number of allylic oxidation sites excluding steroid dienone is 1. The topological polar surface area (TPSA) is 101 Å². The summed E-state index contributed by atoms with van der Waals surface area (Å²) in [4.78, 5) is 28.9. The Kier molecular flexibility index (Phi) is 7.39. The van der Waals surface area contributed by atoms with E-state index >= 15 is 0 Å². The lowest BCUT2D eigenvalue weighted by molar-refractivity contribution is -0.145. The van der Waals surface area contributed by atoms with Crippen molar-refractivity contribution in [1.29, 1.82) is 0 Å². The lowest BCUT2D eigenvalue weighted by Crippen LogP contribution is -2.27. The van der Waals surface area contributed by atoms with Crippen molar-refractivity contribution in [3.63, 3.8) is 0 Å². The van der Waals surface area contributed by atoms with E-state index in [0.717, 1.165) is 16.2 Å². The van der Waals surface area contributed by atoms with E-state index in [1.54, 1.807) is 0 Å². The van der Waals surface area contributed by atoms with E-state index in [1.165, 1.54) is 12.1 Å². The SMILES string of the molecule is CC1(C)C(C=C(Br)Br)C1C(=O)NCCCCCC(=O)On1c(O)ccc1O. The van der Waals surface area contributed by atoms with Crippen molar-refractivity contribution in [1.82, 2.24) is 10.0 Å². The fourth-order valence-corrected chi connectivity index (χ4v) is 3.73. The molecule has 0 spiro atoms. The monoisotopic (exact) mass is 506 g/mol. The molecule has 1 aromatic rings. The molecule has 150 valence electrons. The third-order valence-electron chi connectivity index (χ3n) is 4.85. The van der Waals surface area contributed by atoms with Crippen LogP contribution in [0, 0.1) is 17.3 Å². The predicted molar refractivity (Wildman–Crippen MR) is 108 cm³/mol. The highest BCUT2D eigenvalue weighted by molar-refractivity contribution is 9.28. The highest BCUT2D eigenvalue weighted by atomic mass is 79.9. The Bertz CT molecular complexity index is 706. The van der Waals surface area contributed by atoms with Gasteiger partial charge in [-0.2, -0.15) is 0 Å². The first-order valence-corrected chi connectivity index (χ1v) is 10.3. The second kappa shape index (κ2) is 9.14. The van der Waals surface area contributed by atoms with Gasteiger partial charge in [-0.3, -0.25) is 4.79 Å². The molecular formula is C18H24Br2N2O5. The number of rotatable bonds is 9. The predicted octanol–water partition coefficient (Wildman–Crippen LogP) is 3.43. The van der Waals surface area contributed by atoms with E-state index in [1.807, 2.05) is 6.08 Å². The van der Waals surface area contributed by atoms with E-state index in [4.69, 9.17) is 4.84 Å². The first-order valence-electron chi connectivity index (χ1n) is 8.76. The van der Waals surface area contributed by atoms with E-state index in [9.17, 15) is 19.8 Å². The maximum absolute atomic E-state index is 12.3. The molecule has 0 aromatic carbocycles. The number of hydrogen-bond donors (Lipinski definition) is 3. The molecule has 1 amide bonds. The van der Waals surface area contributed by atoms with Crippen molar-refractivity contribution in [2.45, 2.75) is 39.5 Å². The fourth-order valence-electron chi connectivity index (χ4n) is 3.16. The molecule has 1 saturated carbocycles. The number of nitrogens with zero attached hydrogens (tertiary/aromatic N) is 1. The van der Waals surface area contributed by atoms with E-state index < -0.39 is 5.97 Å². The Balaban J connectivity index is 1.60. The molecule has 3 N–H and O–H groups in total. The number of aromatic hydroxyl groups is 2. The number of unbranched alkanes of at least 4 members (excludes halogenated alkanes) is 2. The molecule has 2 rings (SSSR count). The first kappa shape index (κ1) is 21.8. The standard InChI is InChI=1S/C18H24Br2N2O5/c1-18(2)11(10-12(19)20)16(18)17(26)21-9-5-3-4-6-15(25)27-22-13(23)7-8-14(22)24/h7-8,10-11,16,23-24H,3-6,9H2,1-2H3,(H,21,26).